The van der Waals surface area contributed by atoms with Gasteiger partial charge in [-0.1, -0.05) is 34.8 Å². The van der Waals surface area contributed by atoms with Crippen LogP contribution in [0.25, 0.3) is 10.9 Å². The SMILES string of the molecule is Oc1[nH]c2ccc(Cl)cc2c1N=Nc1ccc(Cl)cc1Cl. The van der Waals surface area contributed by atoms with Crippen LogP contribution in [-0.2, 0) is 0 Å². The van der Waals surface area contributed by atoms with E-state index in [-0.39, 0.29) is 5.88 Å². The number of H-pyrrole nitrogens is 1. The topological polar surface area (TPSA) is 60.7 Å². The Bertz CT molecular complexity index is 858. The Morgan fingerprint density at radius 3 is 2.38 bits per heavy atom. The van der Waals surface area contributed by atoms with Gasteiger partial charge in [-0.15, -0.1) is 10.2 Å². The van der Waals surface area contributed by atoms with Crippen LogP contribution in [0.4, 0.5) is 11.4 Å². The van der Waals surface area contributed by atoms with Crippen molar-refractivity contribution in [3.05, 3.63) is 51.5 Å². The minimum atomic E-state index is -0.0823. The molecule has 0 bridgehead atoms. The van der Waals surface area contributed by atoms with Crippen molar-refractivity contribution in [2.45, 2.75) is 0 Å². The van der Waals surface area contributed by atoms with E-state index in [2.05, 4.69) is 15.2 Å². The fourth-order valence-corrected chi connectivity index (χ4v) is 2.52. The fourth-order valence-electron chi connectivity index (χ4n) is 1.90. The predicted octanol–water partition coefficient (Wildman–Crippen LogP) is 6.25. The van der Waals surface area contributed by atoms with Crippen molar-refractivity contribution in [3.8, 4) is 5.88 Å². The normalized spacial score (nSPS) is 11.6. The highest BCUT2D eigenvalue weighted by molar-refractivity contribution is 6.36. The van der Waals surface area contributed by atoms with Crippen molar-refractivity contribution in [2.75, 3.05) is 0 Å². The van der Waals surface area contributed by atoms with Crippen LogP contribution in [0.5, 0.6) is 5.88 Å². The molecule has 2 N–H and O–H groups in total. The van der Waals surface area contributed by atoms with Crippen molar-refractivity contribution in [1.82, 2.24) is 4.98 Å². The van der Waals surface area contributed by atoms with Crippen LogP contribution in [0.1, 0.15) is 0 Å². The lowest BCUT2D eigenvalue weighted by atomic mass is 10.2. The van der Waals surface area contributed by atoms with Crippen molar-refractivity contribution in [2.24, 2.45) is 10.2 Å². The van der Waals surface area contributed by atoms with Crippen LogP contribution < -0.4 is 0 Å². The summed E-state index contributed by atoms with van der Waals surface area (Å²) in [5.41, 5.74) is 1.48. The Balaban J connectivity index is 2.06. The van der Waals surface area contributed by atoms with Crippen LogP contribution in [-0.4, -0.2) is 10.1 Å². The molecule has 0 saturated heterocycles. The number of hydrogen-bond donors (Lipinski definition) is 2. The summed E-state index contributed by atoms with van der Waals surface area (Å²) in [5.74, 6) is -0.0823. The molecule has 3 rings (SSSR count). The van der Waals surface area contributed by atoms with E-state index in [1.807, 2.05) is 0 Å². The molecule has 0 fully saturated rings. The number of aromatic amines is 1. The van der Waals surface area contributed by atoms with Gasteiger partial charge in [0, 0.05) is 15.4 Å². The molecule has 0 aliphatic heterocycles. The Morgan fingerprint density at radius 2 is 1.62 bits per heavy atom. The van der Waals surface area contributed by atoms with Gasteiger partial charge in [0.25, 0.3) is 0 Å². The van der Waals surface area contributed by atoms with E-state index in [1.54, 1.807) is 36.4 Å². The molecule has 1 heterocycles. The van der Waals surface area contributed by atoms with E-state index < -0.39 is 0 Å². The maximum Gasteiger partial charge on any atom is 0.218 e. The first-order valence-corrected chi connectivity index (χ1v) is 7.05. The summed E-state index contributed by atoms with van der Waals surface area (Å²) >= 11 is 17.8. The second kappa shape index (κ2) is 5.56. The molecule has 4 nitrogen and oxygen atoms in total. The molecule has 106 valence electrons. The number of nitrogens with one attached hydrogen (secondary N) is 1. The molecule has 0 radical (unpaired) electrons. The van der Waals surface area contributed by atoms with Gasteiger partial charge in [-0.3, -0.25) is 0 Å². The lowest BCUT2D eigenvalue weighted by Gasteiger charge is -1.97. The Hall–Kier alpha value is -1.75. The number of aromatic hydroxyl groups is 1. The van der Waals surface area contributed by atoms with Gasteiger partial charge in [0.1, 0.15) is 5.69 Å². The lowest BCUT2D eigenvalue weighted by molar-refractivity contribution is 0.459. The number of hydrogen-bond acceptors (Lipinski definition) is 3. The molecule has 0 amide bonds. The first-order valence-electron chi connectivity index (χ1n) is 5.91. The summed E-state index contributed by atoms with van der Waals surface area (Å²) in [4.78, 5) is 2.80. The number of aromatic nitrogens is 1. The molecule has 0 spiro atoms. The van der Waals surface area contributed by atoms with Crippen LogP contribution in [0.3, 0.4) is 0 Å². The van der Waals surface area contributed by atoms with Crippen LogP contribution in [0, 0.1) is 0 Å². The van der Waals surface area contributed by atoms with E-state index in [1.165, 1.54) is 0 Å². The third-order valence-corrected chi connectivity index (χ3v) is 3.65. The Morgan fingerprint density at radius 1 is 0.905 bits per heavy atom. The van der Waals surface area contributed by atoms with Gasteiger partial charge < -0.3 is 10.1 Å². The maximum absolute atomic E-state index is 9.91. The third-order valence-electron chi connectivity index (χ3n) is 2.88. The molecular weight excluding hydrogens is 333 g/mol. The van der Waals surface area contributed by atoms with Crippen LogP contribution in [0.15, 0.2) is 46.6 Å². The van der Waals surface area contributed by atoms with E-state index in [9.17, 15) is 5.11 Å². The quantitative estimate of drug-likeness (QED) is 0.532. The number of azo groups is 1. The summed E-state index contributed by atoms with van der Waals surface area (Å²) in [5, 5.41) is 20.1. The Kier molecular flexibility index (Phi) is 3.76. The van der Waals surface area contributed by atoms with Crippen molar-refractivity contribution >= 4 is 57.1 Å². The molecule has 0 atom stereocenters. The van der Waals surface area contributed by atoms with Gasteiger partial charge in [-0.2, -0.15) is 0 Å². The van der Waals surface area contributed by atoms with Crippen molar-refractivity contribution in [1.29, 1.82) is 0 Å². The molecule has 0 aliphatic rings. The number of fused-ring (bicyclic) bond motifs is 1. The predicted molar refractivity (Wildman–Crippen MR) is 85.6 cm³/mol. The van der Waals surface area contributed by atoms with Gasteiger partial charge in [0.05, 0.1) is 10.5 Å². The molecule has 0 aliphatic carbocycles. The monoisotopic (exact) mass is 339 g/mol. The lowest BCUT2D eigenvalue weighted by Crippen LogP contribution is -1.69. The van der Waals surface area contributed by atoms with Crippen molar-refractivity contribution in [3.63, 3.8) is 0 Å². The number of benzene rings is 2. The minimum Gasteiger partial charge on any atom is -0.493 e. The Labute approximate surface area is 135 Å². The fraction of sp³-hybridized carbons (Fsp3) is 0. The average molecular weight is 341 g/mol. The second-order valence-electron chi connectivity index (χ2n) is 4.31. The largest absolute Gasteiger partial charge is 0.493 e. The summed E-state index contributed by atoms with van der Waals surface area (Å²) in [6.07, 6.45) is 0. The summed E-state index contributed by atoms with van der Waals surface area (Å²) in [6.45, 7) is 0. The van der Waals surface area contributed by atoms with Crippen LogP contribution >= 0.6 is 34.8 Å². The molecule has 1 aromatic heterocycles. The molecule has 2 aromatic carbocycles. The summed E-state index contributed by atoms with van der Waals surface area (Å²) < 4.78 is 0. The number of halogens is 3. The molecule has 7 heteroatoms. The zero-order valence-corrected chi connectivity index (χ0v) is 12.7. The number of rotatable bonds is 2. The van der Waals surface area contributed by atoms with Gasteiger partial charge in [0.15, 0.2) is 5.69 Å². The highest BCUT2D eigenvalue weighted by atomic mass is 35.5. The van der Waals surface area contributed by atoms with E-state index in [0.717, 1.165) is 0 Å². The standard InChI is InChI=1S/C14H8Cl3N3O/c15-7-1-3-11-9(5-7)13(14(21)18-11)20-19-12-4-2-8(16)6-10(12)17/h1-6,18,21H. The average Bonchev–Trinajstić information content (AvgIpc) is 2.73. The van der Waals surface area contributed by atoms with Gasteiger partial charge in [-0.05, 0) is 36.4 Å². The summed E-state index contributed by atoms with van der Waals surface area (Å²) in [7, 11) is 0. The van der Waals surface area contributed by atoms with E-state index in [0.29, 0.717) is 37.3 Å². The minimum absolute atomic E-state index is 0.0823. The molecule has 21 heavy (non-hydrogen) atoms. The molecule has 3 aromatic rings. The summed E-state index contributed by atoms with van der Waals surface area (Å²) in [6, 6.07) is 10.1. The number of nitrogens with zero attached hydrogens (tertiary/aromatic N) is 2. The van der Waals surface area contributed by atoms with E-state index in [4.69, 9.17) is 34.8 Å². The van der Waals surface area contributed by atoms with E-state index >= 15 is 0 Å². The van der Waals surface area contributed by atoms with Gasteiger partial charge >= 0.3 is 0 Å². The van der Waals surface area contributed by atoms with Crippen molar-refractivity contribution < 1.29 is 5.11 Å². The first-order chi connectivity index (χ1) is 10.0. The molecule has 0 unspecified atom stereocenters. The van der Waals surface area contributed by atoms with Crippen LogP contribution in [0.2, 0.25) is 15.1 Å². The first kappa shape index (κ1) is 14.2. The highest BCUT2D eigenvalue weighted by Crippen LogP contribution is 2.38. The zero-order chi connectivity index (χ0) is 15.0. The highest BCUT2D eigenvalue weighted by Gasteiger charge is 2.11. The zero-order valence-electron chi connectivity index (χ0n) is 10.4. The molecule has 0 saturated carbocycles. The third kappa shape index (κ3) is 2.83. The smallest absolute Gasteiger partial charge is 0.218 e. The van der Waals surface area contributed by atoms with Gasteiger partial charge in [-0.25, -0.2) is 0 Å². The maximum atomic E-state index is 9.91. The second-order valence-corrected chi connectivity index (χ2v) is 5.59. The van der Waals surface area contributed by atoms with Gasteiger partial charge in [0.2, 0.25) is 5.88 Å². The molecular formula is C14H8Cl3N3O.